The number of aromatic hydroxyl groups is 1. The minimum atomic E-state index is -0.668. The SMILES string of the molecule is CSC(=Nc1c(O)cc(Br)cc1F)NC#N. The summed E-state index contributed by atoms with van der Waals surface area (Å²) in [6, 6.07) is 2.51. The molecular formula is C9H7BrFN3OS. The zero-order valence-corrected chi connectivity index (χ0v) is 10.6. The summed E-state index contributed by atoms with van der Waals surface area (Å²) in [5, 5.41) is 20.4. The van der Waals surface area contributed by atoms with Gasteiger partial charge in [0.05, 0.1) is 0 Å². The first kappa shape index (κ1) is 12.8. The highest BCUT2D eigenvalue weighted by atomic mass is 79.9. The number of nitrogens with zero attached hydrogens (tertiary/aromatic N) is 2. The Morgan fingerprint density at radius 3 is 2.88 bits per heavy atom. The van der Waals surface area contributed by atoms with Gasteiger partial charge in [-0.3, -0.25) is 5.32 Å². The zero-order valence-electron chi connectivity index (χ0n) is 8.16. The van der Waals surface area contributed by atoms with Gasteiger partial charge in [0.1, 0.15) is 11.4 Å². The predicted octanol–water partition coefficient (Wildman–Crippen LogP) is 2.71. The molecule has 1 aromatic rings. The van der Waals surface area contributed by atoms with Gasteiger partial charge in [0, 0.05) is 4.47 Å². The molecule has 16 heavy (non-hydrogen) atoms. The molecule has 4 nitrogen and oxygen atoms in total. The van der Waals surface area contributed by atoms with Crippen LogP contribution in [0.5, 0.6) is 5.75 Å². The van der Waals surface area contributed by atoms with Crippen molar-refractivity contribution in [3.63, 3.8) is 0 Å². The molecule has 0 heterocycles. The van der Waals surface area contributed by atoms with Gasteiger partial charge in [0.25, 0.3) is 0 Å². The topological polar surface area (TPSA) is 68.4 Å². The van der Waals surface area contributed by atoms with E-state index in [0.29, 0.717) is 4.47 Å². The molecule has 2 N–H and O–H groups in total. The zero-order chi connectivity index (χ0) is 12.1. The van der Waals surface area contributed by atoms with E-state index >= 15 is 0 Å². The summed E-state index contributed by atoms with van der Waals surface area (Å²) < 4.78 is 13.8. The summed E-state index contributed by atoms with van der Waals surface area (Å²) >= 11 is 4.18. The van der Waals surface area contributed by atoms with Crippen LogP contribution in [0.1, 0.15) is 0 Å². The molecule has 0 aliphatic carbocycles. The van der Waals surface area contributed by atoms with Gasteiger partial charge >= 0.3 is 0 Å². The number of thioether (sulfide) groups is 1. The molecule has 0 spiro atoms. The highest BCUT2D eigenvalue weighted by Gasteiger charge is 2.10. The highest BCUT2D eigenvalue weighted by molar-refractivity contribution is 9.10. The van der Waals surface area contributed by atoms with Gasteiger partial charge in [-0.05, 0) is 18.4 Å². The molecule has 0 radical (unpaired) electrons. The summed E-state index contributed by atoms with van der Waals surface area (Å²) in [5.41, 5.74) is -0.199. The van der Waals surface area contributed by atoms with Crippen LogP contribution in [0, 0.1) is 17.3 Å². The van der Waals surface area contributed by atoms with E-state index in [1.807, 2.05) is 0 Å². The molecule has 0 bridgehead atoms. The van der Waals surface area contributed by atoms with Crippen molar-refractivity contribution < 1.29 is 9.50 Å². The average Bonchev–Trinajstić information content (AvgIpc) is 2.21. The number of nitrogens with one attached hydrogen (secondary N) is 1. The van der Waals surface area contributed by atoms with Crippen molar-refractivity contribution >= 4 is 38.5 Å². The molecule has 0 fully saturated rings. The summed E-state index contributed by atoms with van der Waals surface area (Å²) in [5.74, 6) is -0.962. The first-order chi connectivity index (χ1) is 7.58. The van der Waals surface area contributed by atoms with Crippen LogP contribution in [0.2, 0.25) is 0 Å². The second-order valence-electron chi connectivity index (χ2n) is 2.61. The van der Waals surface area contributed by atoms with Gasteiger partial charge in [0.2, 0.25) is 0 Å². The fourth-order valence-electron chi connectivity index (χ4n) is 0.937. The number of nitriles is 1. The Labute approximate surface area is 104 Å². The number of benzene rings is 1. The number of hydrogen-bond acceptors (Lipinski definition) is 4. The van der Waals surface area contributed by atoms with Gasteiger partial charge in [0.15, 0.2) is 17.2 Å². The van der Waals surface area contributed by atoms with Crippen molar-refractivity contribution in [3.8, 4) is 11.9 Å². The molecule has 84 valence electrons. The molecule has 1 rings (SSSR count). The van der Waals surface area contributed by atoms with Gasteiger partial charge < -0.3 is 5.11 Å². The lowest BCUT2D eigenvalue weighted by molar-refractivity contribution is 0.471. The first-order valence-electron chi connectivity index (χ1n) is 4.04. The number of amidine groups is 1. The van der Waals surface area contributed by atoms with Crippen LogP contribution in [-0.2, 0) is 0 Å². The number of phenolic OH excluding ortho intramolecular Hbond substituents is 1. The summed E-state index contributed by atoms with van der Waals surface area (Å²) in [6.45, 7) is 0. The Kier molecular flexibility index (Phi) is 4.58. The summed E-state index contributed by atoms with van der Waals surface area (Å²) in [4.78, 5) is 3.81. The van der Waals surface area contributed by atoms with Crippen LogP contribution in [0.4, 0.5) is 10.1 Å². The quantitative estimate of drug-likeness (QED) is 0.362. The van der Waals surface area contributed by atoms with Crippen molar-refractivity contribution in [1.82, 2.24) is 5.32 Å². The van der Waals surface area contributed by atoms with E-state index in [1.165, 1.54) is 12.1 Å². The fraction of sp³-hybridized carbons (Fsp3) is 0.111. The lowest BCUT2D eigenvalue weighted by Crippen LogP contribution is -2.12. The normalized spacial score (nSPS) is 11.0. The number of halogens is 2. The Morgan fingerprint density at radius 2 is 2.38 bits per heavy atom. The summed E-state index contributed by atoms with van der Waals surface area (Å²) in [7, 11) is 0. The van der Waals surface area contributed by atoms with Crippen LogP contribution in [0.25, 0.3) is 0 Å². The number of hydrogen-bond donors (Lipinski definition) is 2. The third-order valence-corrected chi connectivity index (χ3v) is 2.62. The van der Waals surface area contributed by atoms with E-state index < -0.39 is 5.82 Å². The molecule has 7 heteroatoms. The third-order valence-electron chi connectivity index (χ3n) is 1.58. The van der Waals surface area contributed by atoms with Crippen molar-refractivity contribution in [2.24, 2.45) is 4.99 Å². The predicted molar refractivity (Wildman–Crippen MR) is 65.1 cm³/mol. The molecule has 0 unspecified atom stereocenters. The molecule has 0 atom stereocenters. The number of aliphatic imine (C=N–C) groups is 1. The smallest absolute Gasteiger partial charge is 0.183 e. The Hall–Kier alpha value is -1.26. The van der Waals surface area contributed by atoms with E-state index in [9.17, 15) is 9.50 Å². The van der Waals surface area contributed by atoms with Crippen LogP contribution in [0.15, 0.2) is 21.6 Å². The molecule has 1 aromatic carbocycles. The maximum absolute atomic E-state index is 13.4. The van der Waals surface area contributed by atoms with Crippen molar-refractivity contribution in [3.05, 3.63) is 22.4 Å². The molecule has 0 saturated carbocycles. The van der Waals surface area contributed by atoms with Gasteiger partial charge in [-0.25, -0.2) is 9.38 Å². The monoisotopic (exact) mass is 303 g/mol. The highest BCUT2D eigenvalue weighted by Crippen LogP contribution is 2.33. The third kappa shape index (κ3) is 3.12. The van der Waals surface area contributed by atoms with E-state index in [4.69, 9.17) is 5.26 Å². The fourth-order valence-corrected chi connectivity index (χ4v) is 1.69. The van der Waals surface area contributed by atoms with E-state index in [0.717, 1.165) is 11.8 Å². The van der Waals surface area contributed by atoms with Crippen LogP contribution >= 0.6 is 27.7 Å². The molecule has 0 saturated heterocycles. The van der Waals surface area contributed by atoms with E-state index in [2.05, 4.69) is 26.2 Å². The Bertz CT molecular complexity index is 449. The Balaban J connectivity index is 3.19. The van der Waals surface area contributed by atoms with Crippen LogP contribution in [0.3, 0.4) is 0 Å². The number of rotatable bonds is 1. The lowest BCUT2D eigenvalue weighted by Gasteiger charge is -2.04. The minimum absolute atomic E-state index is 0.199. The molecular weight excluding hydrogens is 297 g/mol. The van der Waals surface area contributed by atoms with E-state index in [1.54, 1.807) is 12.4 Å². The first-order valence-corrected chi connectivity index (χ1v) is 6.06. The maximum atomic E-state index is 13.4. The van der Waals surface area contributed by atoms with Gasteiger partial charge in [-0.2, -0.15) is 5.26 Å². The molecule has 0 aliphatic heterocycles. The lowest BCUT2D eigenvalue weighted by atomic mass is 10.3. The van der Waals surface area contributed by atoms with Crippen LogP contribution in [-0.4, -0.2) is 16.5 Å². The van der Waals surface area contributed by atoms with Crippen LogP contribution < -0.4 is 5.32 Å². The van der Waals surface area contributed by atoms with Crippen molar-refractivity contribution in [2.75, 3.05) is 6.26 Å². The molecule has 0 amide bonds. The molecule has 0 aliphatic rings. The Morgan fingerprint density at radius 1 is 1.69 bits per heavy atom. The van der Waals surface area contributed by atoms with Gasteiger partial charge in [-0.1, -0.05) is 27.7 Å². The largest absolute Gasteiger partial charge is 0.506 e. The minimum Gasteiger partial charge on any atom is -0.506 e. The van der Waals surface area contributed by atoms with Crippen molar-refractivity contribution in [1.29, 1.82) is 5.26 Å². The molecule has 0 aromatic heterocycles. The standard InChI is InChI=1S/C9H7BrFN3OS/c1-16-9(13-4-12)14-8-6(11)2-5(10)3-7(8)15/h2-3,15H,1H3,(H,13,14). The average molecular weight is 304 g/mol. The van der Waals surface area contributed by atoms with Gasteiger partial charge in [-0.15, -0.1) is 0 Å². The second kappa shape index (κ2) is 5.72. The number of phenols is 1. The summed E-state index contributed by atoms with van der Waals surface area (Å²) in [6.07, 6.45) is 3.35. The van der Waals surface area contributed by atoms with E-state index in [-0.39, 0.29) is 16.6 Å². The maximum Gasteiger partial charge on any atom is 0.183 e. The second-order valence-corrected chi connectivity index (χ2v) is 4.32. The van der Waals surface area contributed by atoms with Crippen molar-refractivity contribution in [2.45, 2.75) is 0 Å².